The molecule has 19 heavy (non-hydrogen) atoms. The van der Waals surface area contributed by atoms with E-state index in [9.17, 15) is 5.11 Å². The Hall–Kier alpha value is -1.06. The number of para-hydroxylation sites is 1. The van der Waals surface area contributed by atoms with Gasteiger partial charge in [-0.1, -0.05) is 25.1 Å². The molecule has 1 aromatic rings. The van der Waals surface area contributed by atoms with Gasteiger partial charge in [0.2, 0.25) is 0 Å². The number of hydrogen-bond donors (Lipinski definition) is 2. The van der Waals surface area contributed by atoms with Crippen molar-refractivity contribution in [3.8, 4) is 5.75 Å². The van der Waals surface area contributed by atoms with Gasteiger partial charge in [0, 0.05) is 0 Å². The van der Waals surface area contributed by atoms with Gasteiger partial charge in [-0.25, -0.2) is 0 Å². The maximum absolute atomic E-state index is 9.82. The van der Waals surface area contributed by atoms with Crippen molar-refractivity contribution in [1.29, 1.82) is 0 Å². The number of rotatable bonds is 8. The second-order valence-corrected chi connectivity index (χ2v) is 5.57. The number of ether oxygens (including phenoxy) is 1. The summed E-state index contributed by atoms with van der Waals surface area (Å²) in [5.41, 5.74) is 0.874. The third-order valence-electron chi connectivity index (χ3n) is 3.95. The van der Waals surface area contributed by atoms with E-state index in [0.717, 1.165) is 24.3 Å². The molecule has 1 fully saturated rings. The van der Waals surface area contributed by atoms with E-state index in [4.69, 9.17) is 4.74 Å². The van der Waals surface area contributed by atoms with E-state index in [1.54, 1.807) is 0 Å². The van der Waals surface area contributed by atoms with E-state index >= 15 is 0 Å². The number of aliphatic hydroxyl groups excluding tert-OH is 1. The maximum atomic E-state index is 9.82. The minimum Gasteiger partial charge on any atom is -0.491 e. The van der Waals surface area contributed by atoms with Crippen LogP contribution in [0.25, 0.3) is 0 Å². The van der Waals surface area contributed by atoms with Crippen molar-refractivity contribution in [2.75, 3.05) is 19.8 Å². The Labute approximate surface area is 116 Å². The highest BCUT2D eigenvalue weighted by atomic mass is 16.5. The van der Waals surface area contributed by atoms with Crippen LogP contribution in [-0.4, -0.2) is 30.4 Å². The molecule has 0 radical (unpaired) electrons. The average Bonchev–Trinajstić information content (AvgIpc) is 3.26. The molecule has 3 heteroatoms. The molecule has 0 bridgehead atoms. The molecule has 2 rings (SSSR count). The highest BCUT2D eigenvalue weighted by Crippen LogP contribution is 2.40. The van der Waals surface area contributed by atoms with Crippen molar-refractivity contribution in [3.63, 3.8) is 0 Å². The van der Waals surface area contributed by atoms with Gasteiger partial charge in [-0.3, -0.25) is 0 Å². The van der Waals surface area contributed by atoms with E-state index in [-0.39, 0.29) is 12.1 Å². The zero-order valence-corrected chi connectivity index (χ0v) is 12.0. The van der Waals surface area contributed by atoms with Gasteiger partial charge in [0.05, 0.1) is 12.1 Å². The van der Waals surface area contributed by atoms with Crippen molar-refractivity contribution in [1.82, 2.24) is 5.32 Å². The molecule has 0 aliphatic heterocycles. The number of nitrogens with one attached hydrogen (secondary N) is 1. The number of aliphatic hydroxyl groups is 1. The molecule has 0 amide bonds. The predicted octanol–water partition coefficient (Wildman–Crippen LogP) is 2.51. The van der Waals surface area contributed by atoms with E-state index in [0.29, 0.717) is 12.5 Å². The minimum atomic E-state index is -0.266. The van der Waals surface area contributed by atoms with Crippen molar-refractivity contribution in [3.05, 3.63) is 29.8 Å². The van der Waals surface area contributed by atoms with Crippen LogP contribution in [0.4, 0.5) is 0 Å². The average molecular weight is 263 g/mol. The maximum Gasteiger partial charge on any atom is 0.122 e. The number of benzene rings is 1. The molecule has 1 aliphatic rings. The van der Waals surface area contributed by atoms with Crippen LogP contribution in [0, 0.1) is 12.8 Å². The standard InChI is InChI=1S/C16H25NO2/c1-3-10-17-16(11-18,14-8-9-14)12-19-15-7-5-4-6-13(15)2/h4-7,14,17-18H,3,8-12H2,1-2H3. The number of aryl methyl sites for hydroxylation is 1. The highest BCUT2D eigenvalue weighted by molar-refractivity contribution is 5.31. The minimum absolute atomic E-state index is 0.142. The summed E-state index contributed by atoms with van der Waals surface area (Å²) in [5, 5.41) is 13.3. The molecular formula is C16H25NO2. The summed E-state index contributed by atoms with van der Waals surface area (Å²) in [4.78, 5) is 0. The first-order chi connectivity index (χ1) is 9.22. The lowest BCUT2D eigenvalue weighted by atomic mass is 9.95. The van der Waals surface area contributed by atoms with E-state index < -0.39 is 0 Å². The van der Waals surface area contributed by atoms with Gasteiger partial charge in [0.15, 0.2) is 0 Å². The SMILES string of the molecule is CCCNC(CO)(COc1ccccc1C)C1CC1. The first-order valence-corrected chi connectivity index (χ1v) is 7.26. The second-order valence-electron chi connectivity index (χ2n) is 5.57. The zero-order chi connectivity index (χ0) is 13.7. The molecule has 1 saturated carbocycles. The van der Waals surface area contributed by atoms with Crippen LogP contribution in [0.15, 0.2) is 24.3 Å². The fourth-order valence-electron chi connectivity index (χ4n) is 2.48. The van der Waals surface area contributed by atoms with E-state index in [1.165, 1.54) is 12.8 Å². The van der Waals surface area contributed by atoms with Crippen LogP contribution >= 0.6 is 0 Å². The molecule has 0 saturated heterocycles. The van der Waals surface area contributed by atoms with Gasteiger partial charge in [0.1, 0.15) is 12.4 Å². The van der Waals surface area contributed by atoms with Crippen molar-refractivity contribution >= 4 is 0 Å². The summed E-state index contributed by atoms with van der Waals surface area (Å²) in [7, 11) is 0. The Bertz CT molecular complexity index is 403. The topological polar surface area (TPSA) is 41.5 Å². The van der Waals surface area contributed by atoms with Gasteiger partial charge in [-0.05, 0) is 50.3 Å². The molecule has 1 atom stereocenters. The van der Waals surface area contributed by atoms with Crippen LogP contribution < -0.4 is 10.1 Å². The largest absolute Gasteiger partial charge is 0.491 e. The lowest BCUT2D eigenvalue weighted by Gasteiger charge is -2.33. The Kier molecular flexibility index (Phi) is 4.83. The van der Waals surface area contributed by atoms with Crippen molar-refractivity contribution in [2.45, 2.75) is 38.6 Å². The summed E-state index contributed by atoms with van der Waals surface area (Å²) in [6, 6.07) is 8.04. The van der Waals surface area contributed by atoms with Gasteiger partial charge >= 0.3 is 0 Å². The van der Waals surface area contributed by atoms with Gasteiger partial charge in [0.25, 0.3) is 0 Å². The van der Waals surface area contributed by atoms with Crippen LogP contribution in [0.2, 0.25) is 0 Å². The summed E-state index contributed by atoms with van der Waals surface area (Å²) >= 11 is 0. The fraction of sp³-hybridized carbons (Fsp3) is 0.625. The van der Waals surface area contributed by atoms with E-state index in [1.807, 2.05) is 31.2 Å². The lowest BCUT2D eigenvalue weighted by molar-refractivity contribution is 0.0848. The second kappa shape index (κ2) is 6.40. The first-order valence-electron chi connectivity index (χ1n) is 7.26. The van der Waals surface area contributed by atoms with Crippen LogP contribution in [-0.2, 0) is 0 Å². The highest BCUT2D eigenvalue weighted by Gasteiger charge is 2.45. The molecule has 0 spiro atoms. The van der Waals surface area contributed by atoms with Crippen molar-refractivity contribution in [2.24, 2.45) is 5.92 Å². The first kappa shape index (κ1) is 14.4. The summed E-state index contributed by atoms with van der Waals surface area (Å²) in [5.74, 6) is 1.47. The van der Waals surface area contributed by atoms with Crippen molar-refractivity contribution < 1.29 is 9.84 Å². The Balaban J connectivity index is 2.02. The quantitative estimate of drug-likeness (QED) is 0.757. The van der Waals surface area contributed by atoms with Crippen LogP contribution in [0.1, 0.15) is 31.7 Å². The monoisotopic (exact) mass is 263 g/mol. The third kappa shape index (κ3) is 3.48. The fourth-order valence-corrected chi connectivity index (χ4v) is 2.48. The molecule has 106 valence electrons. The Morgan fingerprint density at radius 1 is 1.37 bits per heavy atom. The van der Waals surface area contributed by atoms with Gasteiger partial charge < -0.3 is 15.2 Å². The molecule has 2 N–H and O–H groups in total. The lowest BCUT2D eigenvalue weighted by Crippen LogP contribution is -2.55. The van der Waals surface area contributed by atoms with Gasteiger partial charge in [-0.15, -0.1) is 0 Å². The summed E-state index contributed by atoms with van der Waals surface area (Å²) in [6.07, 6.45) is 3.45. The van der Waals surface area contributed by atoms with E-state index in [2.05, 4.69) is 12.2 Å². The smallest absolute Gasteiger partial charge is 0.122 e. The number of hydrogen-bond acceptors (Lipinski definition) is 3. The molecular weight excluding hydrogens is 238 g/mol. The van der Waals surface area contributed by atoms with Crippen LogP contribution in [0.3, 0.4) is 0 Å². The zero-order valence-electron chi connectivity index (χ0n) is 12.0. The predicted molar refractivity (Wildman–Crippen MR) is 77.5 cm³/mol. The molecule has 0 aromatic heterocycles. The third-order valence-corrected chi connectivity index (χ3v) is 3.95. The summed E-state index contributed by atoms with van der Waals surface area (Å²) in [6.45, 7) is 5.80. The van der Waals surface area contributed by atoms with Crippen LogP contribution in [0.5, 0.6) is 5.75 Å². The molecule has 1 aliphatic carbocycles. The summed E-state index contributed by atoms with van der Waals surface area (Å²) < 4.78 is 5.97. The normalized spacial score (nSPS) is 18.1. The molecule has 1 unspecified atom stereocenters. The Morgan fingerprint density at radius 2 is 2.11 bits per heavy atom. The molecule has 0 heterocycles. The molecule has 1 aromatic carbocycles. The Morgan fingerprint density at radius 3 is 2.68 bits per heavy atom. The molecule has 3 nitrogen and oxygen atoms in total. The van der Waals surface area contributed by atoms with Gasteiger partial charge in [-0.2, -0.15) is 0 Å².